The fraction of sp³-hybridized carbons (Fsp3) is 0.529. The SMILES string of the molecule is CS(=O)(=O)c1nc(C(=O)NCC2(O)CCCCCC2)c2ccccn12. The van der Waals surface area contributed by atoms with Gasteiger partial charge in [0.1, 0.15) is 0 Å². The van der Waals surface area contributed by atoms with Gasteiger partial charge in [0.05, 0.1) is 11.1 Å². The fourth-order valence-corrected chi connectivity index (χ4v) is 4.10. The van der Waals surface area contributed by atoms with Crippen molar-refractivity contribution in [2.75, 3.05) is 12.8 Å². The highest BCUT2D eigenvalue weighted by atomic mass is 32.2. The molecule has 8 heteroatoms. The van der Waals surface area contributed by atoms with Crippen molar-refractivity contribution in [2.24, 2.45) is 0 Å². The van der Waals surface area contributed by atoms with Crippen LogP contribution in [0.1, 0.15) is 49.0 Å². The van der Waals surface area contributed by atoms with E-state index in [9.17, 15) is 18.3 Å². The Hall–Kier alpha value is -1.93. The number of pyridine rings is 1. The van der Waals surface area contributed by atoms with Gasteiger partial charge in [0, 0.05) is 19.0 Å². The second-order valence-electron chi connectivity index (χ2n) is 6.79. The molecule has 0 spiro atoms. The van der Waals surface area contributed by atoms with Gasteiger partial charge in [-0.15, -0.1) is 0 Å². The van der Waals surface area contributed by atoms with E-state index in [1.165, 1.54) is 4.40 Å². The third-order valence-corrected chi connectivity index (χ3v) is 5.63. The van der Waals surface area contributed by atoms with Crippen molar-refractivity contribution in [1.29, 1.82) is 0 Å². The van der Waals surface area contributed by atoms with Gasteiger partial charge < -0.3 is 10.4 Å². The van der Waals surface area contributed by atoms with Gasteiger partial charge in [0.15, 0.2) is 5.69 Å². The van der Waals surface area contributed by atoms with E-state index in [1.807, 2.05) is 0 Å². The monoisotopic (exact) mass is 365 g/mol. The quantitative estimate of drug-likeness (QED) is 0.801. The molecule has 1 amide bonds. The van der Waals surface area contributed by atoms with Crippen molar-refractivity contribution < 1.29 is 18.3 Å². The zero-order valence-corrected chi connectivity index (χ0v) is 15.1. The summed E-state index contributed by atoms with van der Waals surface area (Å²) in [5.74, 6) is -0.476. The number of hydrogen-bond donors (Lipinski definition) is 2. The van der Waals surface area contributed by atoms with Crippen LogP contribution in [0.3, 0.4) is 0 Å². The van der Waals surface area contributed by atoms with E-state index < -0.39 is 21.3 Å². The summed E-state index contributed by atoms with van der Waals surface area (Å²) in [6, 6.07) is 5.05. The average molecular weight is 365 g/mol. The van der Waals surface area contributed by atoms with E-state index in [0.29, 0.717) is 18.4 Å². The van der Waals surface area contributed by atoms with Crippen molar-refractivity contribution >= 4 is 21.3 Å². The molecular weight excluding hydrogens is 342 g/mol. The molecule has 2 aromatic rings. The number of fused-ring (bicyclic) bond motifs is 1. The number of aromatic nitrogens is 2. The zero-order chi connectivity index (χ0) is 18.1. The van der Waals surface area contributed by atoms with Crippen LogP contribution >= 0.6 is 0 Å². The molecule has 2 aromatic heterocycles. The zero-order valence-electron chi connectivity index (χ0n) is 14.2. The Bertz CT molecular complexity index is 880. The van der Waals surface area contributed by atoms with Gasteiger partial charge in [-0.1, -0.05) is 31.7 Å². The minimum atomic E-state index is -3.57. The van der Waals surface area contributed by atoms with Crippen LogP contribution in [0, 0.1) is 0 Å². The lowest BCUT2D eigenvalue weighted by Gasteiger charge is -2.26. The van der Waals surface area contributed by atoms with E-state index in [0.717, 1.165) is 31.9 Å². The van der Waals surface area contributed by atoms with Crippen LogP contribution in [-0.2, 0) is 9.84 Å². The number of aliphatic hydroxyl groups is 1. The topological polar surface area (TPSA) is 101 Å². The van der Waals surface area contributed by atoms with Crippen LogP contribution in [0.5, 0.6) is 0 Å². The number of nitrogens with zero attached hydrogens (tertiary/aromatic N) is 2. The molecule has 2 heterocycles. The first-order valence-corrected chi connectivity index (χ1v) is 10.4. The smallest absolute Gasteiger partial charge is 0.272 e. The molecule has 0 unspecified atom stereocenters. The number of hydrogen-bond acceptors (Lipinski definition) is 5. The van der Waals surface area contributed by atoms with Crippen molar-refractivity contribution in [2.45, 2.75) is 49.3 Å². The van der Waals surface area contributed by atoms with E-state index in [2.05, 4.69) is 10.3 Å². The highest BCUT2D eigenvalue weighted by molar-refractivity contribution is 7.90. The Morgan fingerprint density at radius 1 is 1.28 bits per heavy atom. The van der Waals surface area contributed by atoms with Gasteiger partial charge in [-0.25, -0.2) is 13.4 Å². The molecule has 1 fully saturated rings. The van der Waals surface area contributed by atoms with Crippen molar-refractivity contribution in [1.82, 2.24) is 14.7 Å². The summed E-state index contributed by atoms with van der Waals surface area (Å²) in [7, 11) is -3.57. The maximum Gasteiger partial charge on any atom is 0.272 e. The van der Waals surface area contributed by atoms with E-state index >= 15 is 0 Å². The minimum Gasteiger partial charge on any atom is -0.388 e. The molecule has 0 atom stereocenters. The van der Waals surface area contributed by atoms with Crippen LogP contribution in [0.2, 0.25) is 0 Å². The number of amides is 1. The molecule has 0 aliphatic heterocycles. The third kappa shape index (κ3) is 3.85. The van der Waals surface area contributed by atoms with Gasteiger partial charge in [-0.2, -0.15) is 0 Å². The highest BCUT2D eigenvalue weighted by Gasteiger charge is 2.30. The Kier molecular flexibility index (Phi) is 4.83. The van der Waals surface area contributed by atoms with Gasteiger partial charge >= 0.3 is 0 Å². The molecular formula is C17H23N3O4S. The van der Waals surface area contributed by atoms with Crippen LogP contribution in [0.4, 0.5) is 0 Å². The predicted molar refractivity (Wildman–Crippen MR) is 93.3 cm³/mol. The molecule has 0 radical (unpaired) electrons. The predicted octanol–water partition coefficient (Wildman–Crippen LogP) is 1.55. The molecule has 3 rings (SSSR count). The van der Waals surface area contributed by atoms with E-state index in [-0.39, 0.29) is 17.4 Å². The normalized spacial score (nSPS) is 18.0. The minimum absolute atomic E-state index is 0.0539. The number of nitrogens with one attached hydrogen (secondary N) is 1. The standard InChI is InChI=1S/C17H23N3O4S/c1-25(23,24)16-19-14(13-8-4-7-11-20(13)16)15(21)18-12-17(22)9-5-2-3-6-10-17/h4,7-8,11,22H,2-3,5-6,9-10,12H2,1H3,(H,18,21). The van der Waals surface area contributed by atoms with Gasteiger partial charge in [-0.3, -0.25) is 9.20 Å². The number of sulfone groups is 1. The van der Waals surface area contributed by atoms with E-state index in [1.54, 1.807) is 24.4 Å². The molecule has 1 saturated carbocycles. The Balaban J connectivity index is 1.85. The second kappa shape index (κ2) is 6.76. The summed E-state index contributed by atoms with van der Waals surface area (Å²) in [5.41, 5.74) is -0.423. The summed E-state index contributed by atoms with van der Waals surface area (Å²) in [4.78, 5) is 16.6. The Labute approximate surface area is 147 Å². The molecule has 2 N–H and O–H groups in total. The van der Waals surface area contributed by atoms with Crippen molar-refractivity contribution in [3.63, 3.8) is 0 Å². The summed E-state index contributed by atoms with van der Waals surface area (Å²) < 4.78 is 25.2. The lowest BCUT2D eigenvalue weighted by molar-refractivity contribution is 0.0246. The second-order valence-corrected chi connectivity index (χ2v) is 8.70. The summed E-state index contributed by atoms with van der Waals surface area (Å²) in [6.07, 6.45) is 8.02. The molecule has 0 saturated heterocycles. The van der Waals surface area contributed by atoms with Crippen LogP contribution in [-0.4, -0.2) is 47.2 Å². The summed E-state index contributed by atoms with van der Waals surface area (Å²) in [6.45, 7) is 0.145. The van der Waals surface area contributed by atoms with E-state index in [4.69, 9.17) is 0 Å². The van der Waals surface area contributed by atoms with Crippen molar-refractivity contribution in [3.8, 4) is 0 Å². The summed E-state index contributed by atoms with van der Waals surface area (Å²) >= 11 is 0. The molecule has 25 heavy (non-hydrogen) atoms. The maximum atomic E-state index is 12.6. The first-order valence-electron chi connectivity index (χ1n) is 8.48. The number of carbonyl (C=O) groups is 1. The number of rotatable bonds is 4. The van der Waals surface area contributed by atoms with Crippen LogP contribution in [0.25, 0.3) is 5.52 Å². The molecule has 0 bridgehead atoms. The van der Waals surface area contributed by atoms with Gasteiger partial charge in [0.2, 0.25) is 15.0 Å². The van der Waals surface area contributed by atoms with Crippen LogP contribution < -0.4 is 5.32 Å². The van der Waals surface area contributed by atoms with Crippen molar-refractivity contribution in [3.05, 3.63) is 30.1 Å². The number of carbonyl (C=O) groups excluding carboxylic acids is 1. The lowest BCUT2D eigenvalue weighted by Crippen LogP contribution is -2.42. The first-order chi connectivity index (χ1) is 11.8. The molecule has 1 aliphatic rings. The first kappa shape index (κ1) is 17.9. The van der Waals surface area contributed by atoms with Crippen LogP contribution in [0.15, 0.2) is 29.6 Å². The molecule has 136 valence electrons. The highest BCUT2D eigenvalue weighted by Crippen LogP contribution is 2.26. The Morgan fingerprint density at radius 2 is 1.96 bits per heavy atom. The number of imidazole rings is 1. The average Bonchev–Trinajstić information content (AvgIpc) is 2.83. The molecule has 1 aliphatic carbocycles. The Morgan fingerprint density at radius 3 is 2.60 bits per heavy atom. The maximum absolute atomic E-state index is 12.6. The molecule has 0 aromatic carbocycles. The van der Waals surface area contributed by atoms with Gasteiger partial charge in [-0.05, 0) is 25.0 Å². The van der Waals surface area contributed by atoms with Gasteiger partial charge in [0.25, 0.3) is 5.91 Å². The lowest BCUT2D eigenvalue weighted by atomic mass is 9.94. The fourth-order valence-electron chi connectivity index (χ4n) is 3.33. The third-order valence-electron chi connectivity index (χ3n) is 4.68. The summed E-state index contributed by atoms with van der Waals surface area (Å²) in [5, 5.41) is 13.2. The largest absolute Gasteiger partial charge is 0.388 e. The molecule has 7 nitrogen and oxygen atoms in total.